The topological polar surface area (TPSA) is 27.3 Å². The number of rotatable bonds is 0. The van der Waals surface area contributed by atoms with Gasteiger partial charge in [0, 0.05) is 23.7 Å². The van der Waals surface area contributed by atoms with Crippen LogP contribution in [-0.2, 0) is 0 Å². The molecule has 0 aliphatic carbocycles. The summed E-state index contributed by atoms with van der Waals surface area (Å²) in [4.78, 5) is 0. The summed E-state index contributed by atoms with van der Waals surface area (Å²) in [6.45, 7) is 11.8. The Balaban J connectivity index is 2.17. The monoisotopic (exact) mass is 253 g/mol. The molecule has 106 valence electrons. The summed E-state index contributed by atoms with van der Waals surface area (Å²) >= 11 is 0. The minimum atomic E-state index is 0.187. The van der Waals surface area contributed by atoms with Gasteiger partial charge in [-0.05, 0) is 59.9 Å². The highest BCUT2D eigenvalue weighted by Gasteiger charge is 2.46. The first-order valence-electron chi connectivity index (χ1n) is 7.72. The van der Waals surface area contributed by atoms with Crippen molar-refractivity contribution >= 4 is 0 Å². The van der Waals surface area contributed by atoms with E-state index in [1.54, 1.807) is 0 Å². The summed E-state index contributed by atoms with van der Waals surface area (Å²) < 4.78 is 0. The second kappa shape index (κ2) is 5.48. The quantitative estimate of drug-likeness (QED) is 0.695. The first kappa shape index (κ1) is 14.3. The van der Waals surface area contributed by atoms with Gasteiger partial charge in [-0.25, -0.2) is 5.01 Å². The fraction of sp³-hybridized carbons (Fsp3) is 1.00. The summed E-state index contributed by atoms with van der Waals surface area (Å²) in [5.41, 5.74) is 4.17. The van der Waals surface area contributed by atoms with Crippen LogP contribution in [-0.4, -0.2) is 35.2 Å². The number of nitrogens with zero attached hydrogens (tertiary/aromatic N) is 1. The molecule has 2 saturated heterocycles. The maximum atomic E-state index is 3.79. The van der Waals surface area contributed by atoms with Gasteiger partial charge in [-0.1, -0.05) is 12.8 Å². The molecule has 2 unspecified atom stereocenters. The maximum absolute atomic E-state index is 3.79. The van der Waals surface area contributed by atoms with Gasteiger partial charge >= 0.3 is 0 Å². The largest absolute Gasteiger partial charge is 0.312 e. The smallest absolute Gasteiger partial charge is 0.0456 e. The molecule has 2 aliphatic rings. The average Bonchev–Trinajstić information content (AvgIpc) is 2.28. The van der Waals surface area contributed by atoms with Crippen LogP contribution in [0.25, 0.3) is 0 Å². The Morgan fingerprint density at radius 3 is 2.33 bits per heavy atom. The van der Waals surface area contributed by atoms with Crippen molar-refractivity contribution in [3.05, 3.63) is 0 Å². The second-order valence-electron chi connectivity index (χ2n) is 7.17. The number of fused-ring (bicyclic) bond motifs is 2. The number of piperidine rings is 1. The van der Waals surface area contributed by atoms with E-state index in [0.29, 0.717) is 6.04 Å². The highest BCUT2D eigenvalue weighted by Crippen LogP contribution is 2.37. The molecule has 3 heteroatoms. The Morgan fingerprint density at radius 2 is 1.61 bits per heavy atom. The van der Waals surface area contributed by atoms with Crippen molar-refractivity contribution in [2.24, 2.45) is 0 Å². The Kier molecular flexibility index (Phi) is 4.35. The SMILES string of the molecule is CC1(C)CCC2NCCCCCCNN1C2(C)C. The van der Waals surface area contributed by atoms with Crippen LogP contribution < -0.4 is 10.7 Å². The lowest BCUT2D eigenvalue weighted by atomic mass is 9.78. The van der Waals surface area contributed by atoms with Crippen molar-refractivity contribution in [3.63, 3.8) is 0 Å². The molecule has 3 nitrogen and oxygen atoms in total. The lowest BCUT2D eigenvalue weighted by Crippen LogP contribution is -2.71. The third-order valence-electron chi connectivity index (χ3n) is 4.84. The van der Waals surface area contributed by atoms with Crippen LogP contribution in [0.1, 0.15) is 66.2 Å². The lowest BCUT2D eigenvalue weighted by molar-refractivity contribution is -0.0875. The van der Waals surface area contributed by atoms with E-state index in [1.807, 2.05) is 0 Å². The molecule has 0 aromatic rings. The standard InChI is InChI=1S/C15H31N3/c1-14(2)10-9-13-15(3,4)18(14)17-12-8-6-5-7-11-16-13/h13,16-17H,5-12H2,1-4H3. The van der Waals surface area contributed by atoms with Gasteiger partial charge in [0.15, 0.2) is 0 Å². The van der Waals surface area contributed by atoms with E-state index in [1.165, 1.54) is 45.1 Å². The van der Waals surface area contributed by atoms with E-state index < -0.39 is 0 Å². The van der Waals surface area contributed by atoms with E-state index in [-0.39, 0.29) is 11.1 Å². The van der Waals surface area contributed by atoms with Crippen molar-refractivity contribution < 1.29 is 0 Å². The molecule has 2 N–H and O–H groups in total. The molecule has 2 bridgehead atoms. The van der Waals surface area contributed by atoms with E-state index in [9.17, 15) is 0 Å². The van der Waals surface area contributed by atoms with Gasteiger partial charge < -0.3 is 5.32 Å². The molecule has 0 aromatic carbocycles. The van der Waals surface area contributed by atoms with E-state index in [2.05, 4.69) is 43.4 Å². The molecule has 0 saturated carbocycles. The molecule has 0 radical (unpaired) electrons. The fourth-order valence-corrected chi connectivity index (χ4v) is 3.74. The summed E-state index contributed by atoms with van der Waals surface area (Å²) in [6, 6.07) is 0.608. The summed E-state index contributed by atoms with van der Waals surface area (Å²) in [6.07, 6.45) is 7.90. The van der Waals surface area contributed by atoms with Crippen LogP contribution in [0, 0.1) is 0 Å². The van der Waals surface area contributed by atoms with Crippen LogP contribution in [0.15, 0.2) is 0 Å². The molecule has 0 aromatic heterocycles. The number of hydrogen-bond donors (Lipinski definition) is 2. The molecular weight excluding hydrogens is 222 g/mol. The number of hydrazine groups is 1. The zero-order valence-corrected chi connectivity index (χ0v) is 12.7. The van der Waals surface area contributed by atoms with Crippen molar-refractivity contribution in [3.8, 4) is 0 Å². The lowest BCUT2D eigenvalue weighted by Gasteiger charge is -2.56. The molecule has 2 rings (SSSR count). The molecule has 0 amide bonds. The highest BCUT2D eigenvalue weighted by atomic mass is 15.6. The third-order valence-corrected chi connectivity index (χ3v) is 4.84. The fourth-order valence-electron chi connectivity index (χ4n) is 3.74. The minimum Gasteiger partial charge on any atom is -0.312 e. The zero-order valence-electron chi connectivity index (χ0n) is 12.7. The molecule has 0 spiro atoms. The summed E-state index contributed by atoms with van der Waals surface area (Å²) in [5, 5.41) is 6.33. The predicted octanol–water partition coefficient (Wildman–Crippen LogP) is 2.68. The Morgan fingerprint density at radius 1 is 0.944 bits per heavy atom. The highest BCUT2D eigenvalue weighted by molar-refractivity contribution is 5.03. The van der Waals surface area contributed by atoms with Crippen LogP contribution >= 0.6 is 0 Å². The second-order valence-corrected chi connectivity index (χ2v) is 7.17. The van der Waals surface area contributed by atoms with Gasteiger partial charge in [0.05, 0.1) is 0 Å². The van der Waals surface area contributed by atoms with Crippen LogP contribution in [0.4, 0.5) is 0 Å². The van der Waals surface area contributed by atoms with Gasteiger partial charge in [0.25, 0.3) is 0 Å². The molecule has 2 atom stereocenters. The average molecular weight is 253 g/mol. The first-order chi connectivity index (χ1) is 8.44. The zero-order chi connectivity index (χ0) is 13.2. The molecule has 2 heterocycles. The van der Waals surface area contributed by atoms with Crippen molar-refractivity contribution in [1.29, 1.82) is 0 Å². The molecule has 18 heavy (non-hydrogen) atoms. The Labute approximate surface area is 113 Å². The number of nitrogens with one attached hydrogen (secondary N) is 2. The van der Waals surface area contributed by atoms with Gasteiger partial charge in [0.1, 0.15) is 0 Å². The Bertz CT molecular complexity index is 273. The van der Waals surface area contributed by atoms with Gasteiger partial charge in [0.2, 0.25) is 0 Å². The van der Waals surface area contributed by atoms with Crippen LogP contribution in [0.5, 0.6) is 0 Å². The summed E-state index contributed by atoms with van der Waals surface area (Å²) in [5.74, 6) is 0. The summed E-state index contributed by atoms with van der Waals surface area (Å²) in [7, 11) is 0. The normalized spacial score (nSPS) is 36.7. The number of hydrogen-bond acceptors (Lipinski definition) is 3. The van der Waals surface area contributed by atoms with E-state index in [0.717, 1.165) is 6.54 Å². The molecule has 2 fully saturated rings. The van der Waals surface area contributed by atoms with Crippen molar-refractivity contribution in [2.75, 3.05) is 13.1 Å². The van der Waals surface area contributed by atoms with Gasteiger partial charge in [-0.2, -0.15) is 0 Å². The Hall–Kier alpha value is -0.120. The first-order valence-corrected chi connectivity index (χ1v) is 7.72. The van der Waals surface area contributed by atoms with Gasteiger partial charge in [-0.3, -0.25) is 5.43 Å². The van der Waals surface area contributed by atoms with Crippen molar-refractivity contribution in [1.82, 2.24) is 15.8 Å². The van der Waals surface area contributed by atoms with Crippen molar-refractivity contribution in [2.45, 2.75) is 83.3 Å². The van der Waals surface area contributed by atoms with Crippen LogP contribution in [0.3, 0.4) is 0 Å². The third kappa shape index (κ3) is 2.89. The van der Waals surface area contributed by atoms with Crippen LogP contribution in [0.2, 0.25) is 0 Å². The molecular formula is C15H31N3. The minimum absolute atomic E-state index is 0.187. The maximum Gasteiger partial charge on any atom is 0.0456 e. The van der Waals surface area contributed by atoms with E-state index >= 15 is 0 Å². The van der Waals surface area contributed by atoms with Gasteiger partial charge in [-0.15, -0.1) is 0 Å². The predicted molar refractivity (Wildman–Crippen MR) is 77.5 cm³/mol. The van der Waals surface area contributed by atoms with E-state index in [4.69, 9.17) is 0 Å². The molecule has 2 aliphatic heterocycles.